The number of amides is 2. The molecule has 10 heteroatoms. The summed E-state index contributed by atoms with van der Waals surface area (Å²) in [6.45, 7) is 9.34. The van der Waals surface area contributed by atoms with E-state index in [9.17, 15) is 22.8 Å². The van der Waals surface area contributed by atoms with E-state index in [1.54, 1.807) is 23.6 Å². The standard InChI is InChI=1S/C21H28F3N3O4/c1-12-6-16(30-11-21(22,23)24)25-13(2)17(12)18(28)26-7-14-9-27(10-15(14)8-26)19(29)31-20(3,4)5/h6,14-15H,7-11H2,1-5H3. The quantitative estimate of drug-likeness (QED) is 0.714. The minimum atomic E-state index is -4.46. The average Bonchev–Trinajstić information content (AvgIpc) is 3.16. The number of ether oxygens (including phenoxy) is 2. The normalized spacial score (nSPS) is 21.3. The van der Waals surface area contributed by atoms with E-state index in [4.69, 9.17) is 9.47 Å². The predicted octanol–water partition coefficient (Wildman–Crippen LogP) is 3.58. The summed E-state index contributed by atoms with van der Waals surface area (Å²) in [6, 6.07) is 1.35. The maximum atomic E-state index is 13.1. The van der Waals surface area contributed by atoms with Gasteiger partial charge in [-0.05, 0) is 40.2 Å². The predicted molar refractivity (Wildman–Crippen MR) is 106 cm³/mol. The minimum Gasteiger partial charge on any atom is -0.468 e. The molecule has 0 aliphatic carbocycles. The molecular weight excluding hydrogens is 415 g/mol. The van der Waals surface area contributed by atoms with Gasteiger partial charge in [-0.2, -0.15) is 13.2 Å². The highest BCUT2D eigenvalue weighted by Gasteiger charge is 2.44. The fourth-order valence-electron chi connectivity index (χ4n) is 4.14. The topological polar surface area (TPSA) is 72.0 Å². The molecule has 31 heavy (non-hydrogen) atoms. The van der Waals surface area contributed by atoms with Crippen molar-refractivity contribution in [3.8, 4) is 5.88 Å². The average molecular weight is 443 g/mol. The number of aryl methyl sites for hydroxylation is 2. The molecule has 2 aliphatic heterocycles. The molecule has 3 rings (SSSR count). The van der Waals surface area contributed by atoms with Crippen molar-refractivity contribution < 1.29 is 32.2 Å². The number of fused-ring (bicyclic) bond motifs is 1. The van der Waals surface area contributed by atoms with E-state index in [0.29, 0.717) is 43.0 Å². The van der Waals surface area contributed by atoms with Crippen molar-refractivity contribution in [1.82, 2.24) is 14.8 Å². The highest BCUT2D eigenvalue weighted by atomic mass is 19.4. The van der Waals surface area contributed by atoms with E-state index in [1.165, 1.54) is 6.07 Å². The lowest BCUT2D eigenvalue weighted by Gasteiger charge is -2.26. The molecule has 0 radical (unpaired) electrons. The number of nitrogens with zero attached hydrogens (tertiary/aromatic N) is 3. The van der Waals surface area contributed by atoms with Crippen LogP contribution in [0.2, 0.25) is 0 Å². The minimum absolute atomic E-state index is 0.157. The van der Waals surface area contributed by atoms with Gasteiger partial charge in [0, 0.05) is 44.1 Å². The van der Waals surface area contributed by atoms with Gasteiger partial charge in [-0.1, -0.05) is 0 Å². The first kappa shape index (κ1) is 23.1. The fourth-order valence-corrected chi connectivity index (χ4v) is 4.14. The largest absolute Gasteiger partial charge is 0.468 e. The molecule has 3 heterocycles. The second-order valence-corrected chi connectivity index (χ2v) is 9.26. The monoisotopic (exact) mass is 443 g/mol. The summed E-state index contributed by atoms with van der Waals surface area (Å²) in [7, 11) is 0. The number of hydrogen-bond acceptors (Lipinski definition) is 5. The third-order valence-electron chi connectivity index (χ3n) is 5.40. The van der Waals surface area contributed by atoms with Crippen LogP contribution in [0.5, 0.6) is 5.88 Å². The molecule has 2 aliphatic rings. The molecule has 0 saturated carbocycles. The van der Waals surface area contributed by atoms with Crippen molar-refractivity contribution in [1.29, 1.82) is 0 Å². The first-order valence-electron chi connectivity index (χ1n) is 10.2. The summed E-state index contributed by atoms with van der Waals surface area (Å²) in [6.07, 6.45) is -4.80. The Hall–Kier alpha value is -2.52. The molecule has 2 unspecified atom stereocenters. The van der Waals surface area contributed by atoms with Crippen LogP contribution in [0.4, 0.5) is 18.0 Å². The third-order valence-corrected chi connectivity index (χ3v) is 5.40. The van der Waals surface area contributed by atoms with Crippen LogP contribution < -0.4 is 4.74 Å². The van der Waals surface area contributed by atoms with Crippen molar-refractivity contribution >= 4 is 12.0 Å². The zero-order valence-electron chi connectivity index (χ0n) is 18.4. The molecule has 0 aromatic carbocycles. The van der Waals surface area contributed by atoms with Crippen LogP contribution in [-0.2, 0) is 4.74 Å². The zero-order valence-corrected chi connectivity index (χ0v) is 18.4. The van der Waals surface area contributed by atoms with Crippen LogP contribution in [0.1, 0.15) is 42.4 Å². The molecule has 172 valence electrons. The highest BCUT2D eigenvalue weighted by Crippen LogP contribution is 2.33. The second kappa shape index (κ2) is 8.20. The van der Waals surface area contributed by atoms with Crippen molar-refractivity contribution in [2.45, 2.75) is 46.4 Å². The Morgan fingerprint density at radius 2 is 1.61 bits per heavy atom. The number of carbonyl (C=O) groups is 2. The molecule has 2 atom stereocenters. The first-order chi connectivity index (χ1) is 14.2. The second-order valence-electron chi connectivity index (χ2n) is 9.26. The lowest BCUT2D eigenvalue weighted by atomic mass is 10.0. The maximum absolute atomic E-state index is 13.1. The van der Waals surface area contributed by atoms with Gasteiger partial charge in [0.2, 0.25) is 5.88 Å². The van der Waals surface area contributed by atoms with Crippen molar-refractivity contribution in [2.75, 3.05) is 32.8 Å². The van der Waals surface area contributed by atoms with Gasteiger partial charge in [-0.3, -0.25) is 4.79 Å². The Kier molecular flexibility index (Phi) is 6.12. The molecule has 2 amide bonds. The summed E-state index contributed by atoms with van der Waals surface area (Å²) >= 11 is 0. The molecular formula is C21H28F3N3O4. The van der Waals surface area contributed by atoms with Crippen LogP contribution in [0.25, 0.3) is 0 Å². The van der Waals surface area contributed by atoms with E-state index < -0.39 is 18.4 Å². The van der Waals surface area contributed by atoms with Crippen LogP contribution >= 0.6 is 0 Å². The number of likely N-dealkylation sites (tertiary alicyclic amines) is 2. The molecule has 7 nitrogen and oxygen atoms in total. The van der Waals surface area contributed by atoms with Gasteiger partial charge in [-0.15, -0.1) is 0 Å². The molecule has 0 spiro atoms. The summed E-state index contributed by atoms with van der Waals surface area (Å²) < 4.78 is 47.3. The summed E-state index contributed by atoms with van der Waals surface area (Å²) in [5.41, 5.74) is 0.662. The molecule has 0 N–H and O–H groups in total. The first-order valence-corrected chi connectivity index (χ1v) is 10.2. The highest BCUT2D eigenvalue weighted by molar-refractivity contribution is 5.97. The van der Waals surface area contributed by atoms with Crippen molar-refractivity contribution in [2.24, 2.45) is 11.8 Å². The van der Waals surface area contributed by atoms with Gasteiger partial charge in [0.25, 0.3) is 5.91 Å². The van der Waals surface area contributed by atoms with E-state index in [-0.39, 0.29) is 29.7 Å². The lowest BCUT2D eigenvalue weighted by Crippen LogP contribution is -2.38. The third kappa shape index (κ3) is 5.59. The van der Waals surface area contributed by atoms with Gasteiger partial charge in [0.05, 0.1) is 11.3 Å². The van der Waals surface area contributed by atoms with Crippen LogP contribution in [0.3, 0.4) is 0 Å². The lowest BCUT2D eigenvalue weighted by molar-refractivity contribution is -0.154. The molecule has 1 aromatic heterocycles. The SMILES string of the molecule is Cc1cc(OCC(F)(F)F)nc(C)c1C(=O)N1CC2CN(C(=O)OC(C)(C)C)CC2C1. The van der Waals surface area contributed by atoms with Gasteiger partial charge >= 0.3 is 12.3 Å². The summed E-state index contributed by atoms with van der Waals surface area (Å²) in [4.78, 5) is 32.9. The number of pyridine rings is 1. The van der Waals surface area contributed by atoms with Crippen molar-refractivity contribution in [3.63, 3.8) is 0 Å². The van der Waals surface area contributed by atoms with Gasteiger partial charge in [-0.25, -0.2) is 9.78 Å². The molecule has 2 saturated heterocycles. The molecule has 0 bridgehead atoms. The summed E-state index contributed by atoms with van der Waals surface area (Å²) in [5.74, 6) is -0.0304. The number of alkyl halides is 3. The van der Waals surface area contributed by atoms with Crippen molar-refractivity contribution in [3.05, 3.63) is 22.9 Å². The summed E-state index contributed by atoms with van der Waals surface area (Å²) in [5, 5.41) is 0. The number of carbonyl (C=O) groups excluding carboxylic acids is 2. The molecule has 1 aromatic rings. The zero-order chi connectivity index (χ0) is 23.1. The van der Waals surface area contributed by atoms with Crippen LogP contribution in [0.15, 0.2) is 6.07 Å². The van der Waals surface area contributed by atoms with E-state index >= 15 is 0 Å². The number of aromatic nitrogens is 1. The van der Waals surface area contributed by atoms with E-state index in [0.717, 1.165) is 0 Å². The maximum Gasteiger partial charge on any atom is 0.422 e. The Morgan fingerprint density at radius 1 is 1.06 bits per heavy atom. The van der Waals surface area contributed by atoms with Gasteiger partial charge in [0.15, 0.2) is 6.61 Å². The van der Waals surface area contributed by atoms with E-state index in [2.05, 4.69) is 4.98 Å². The Morgan fingerprint density at radius 3 is 2.10 bits per heavy atom. The van der Waals surface area contributed by atoms with Gasteiger partial charge in [0.1, 0.15) is 5.60 Å². The Balaban J connectivity index is 1.63. The number of hydrogen-bond donors (Lipinski definition) is 0. The smallest absolute Gasteiger partial charge is 0.422 e. The Bertz CT molecular complexity index is 829. The number of rotatable bonds is 3. The van der Waals surface area contributed by atoms with E-state index in [1.807, 2.05) is 20.8 Å². The Labute approximate surface area is 179 Å². The molecule has 2 fully saturated rings. The fraction of sp³-hybridized carbons (Fsp3) is 0.667. The van der Waals surface area contributed by atoms with Crippen LogP contribution in [-0.4, -0.2) is 71.3 Å². The number of halogens is 3. The van der Waals surface area contributed by atoms with Crippen LogP contribution in [0, 0.1) is 25.7 Å². The van der Waals surface area contributed by atoms with Gasteiger partial charge < -0.3 is 19.3 Å².